The van der Waals surface area contributed by atoms with E-state index >= 15 is 0 Å². The van der Waals surface area contributed by atoms with Crippen molar-refractivity contribution in [2.24, 2.45) is 0 Å². The first-order chi connectivity index (χ1) is 12.4. The van der Waals surface area contributed by atoms with Gasteiger partial charge in [0, 0.05) is 31.6 Å². The third-order valence-corrected chi connectivity index (χ3v) is 4.59. The van der Waals surface area contributed by atoms with Crippen LogP contribution >= 0.6 is 0 Å². The van der Waals surface area contributed by atoms with E-state index in [9.17, 15) is 4.79 Å². The van der Waals surface area contributed by atoms with Gasteiger partial charge < -0.3 is 14.6 Å². The first-order valence-electron chi connectivity index (χ1n) is 9.23. The van der Waals surface area contributed by atoms with Crippen molar-refractivity contribution >= 4 is 5.91 Å². The highest BCUT2D eigenvalue weighted by Gasteiger charge is 2.17. The number of carbonyl (C=O) groups excluding carboxylic acids is 1. The number of amides is 1. The Kier molecular flexibility index (Phi) is 5.71. The molecule has 0 unspecified atom stereocenters. The molecule has 1 aliphatic heterocycles. The van der Waals surface area contributed by atoms with Crippen molar-refractivity contribution in [3.8, 4) is 11.4 Å². The van der Waals surface area contributed by atoms with Gasteiger partial charge in [0.2, 0.25) is 17.6 Å². The first kappa shape index (κ1) is 18.6. The summed E-state index contributed by atoms with van der Waals surface area (Å²) in [5.41, 5.74) is 2.28. The van der Waals surface area contributed by atoms with Crippen LogP contribution in [0.3, 0.4) is 0 Å². The van der Waals surface area contributed by atoms with E-state index < -0.39 is 0 Å². The number of hydrogen-bond acceptors (Lipinski definition) is 5. The number of carbonyl (C=O) groups is 1. The minimum Gasteiger partial charge on any atom is -0.376 e. The summed E-state index contributed by atoms with van der Waals surface area (Å²) in [5.74, 6) is 1.02. The van der Waals surface area contributed by atoms with E-state index in [4.69, 9.17) is 9.26 Å². The Morgan fingerprint density at radius 2 is 2.04 bits per heavy atom. The number of nitrogens with one attached hydrogen (secondary N) is 1. The van der Waals surface area contributed by atoms with E-state index in [1.165, 1.54) is 5.56 Å². The molecule has 1 amide bonds. The topological polar surface area (TPSA) is 77.2 Å². The van der Waals surface area contributed by atoms with Gasteiger partial charge in [-0.25, -0.2) is 0 Å². The third kappa shape index (κ3) is 4.91. The summed E-state index contributed by atoms with van der Waals surface area (Å²) < 4.78 is 10.8. The fourth-order valence-electron chi connectivity index (χ4n) is 2.93. The van der Waals surface area contributed by atoms with Gasteiger partial charge in [0.25, 0.3) is 0 Å². The lowest BCUT2D eigenvalue weighted by molar-refractivity contribution is -0.121. The molecule has 6 nitrogen and oxygen atoms in total. The Morgan fingerprint density at radius 1 is 1.27 bits per heavy atom. The molecule has 0 spiro atoms. The van der Waals surface area contributed by atoms with Crippen LogP contribution in [0.4, 0.5) is 0 Å². The maximum absolute atomic E-state index is 11.9. The average Bonchev–Trinajstić information content (AvgIpc) is 3.29. The number of rotatable bonds is 6. The van der Waals surface area contributed by atoms with Crippen LogP contribution in [-0.2, 0) is 21.4 Å². The second-order valence-electron chi connectivity index (χ2n) is 7.78. The zero-order valence-corrected chi connectivity index (χ0v) is 15.7. The molecule has 0 aliphatic carbocycles. The van der Waals surface area contributed by atoms with Crippen LogP contribution in [-0.4, -0.2) is 35.3 Å². The maximum atomic E-state index is 11.9. The van der Waals surface area contributed by atoms with Gasteiger partial charge in [-0.15, -0.1) is 0 Å². The Hall–Kier alpha value is -2.21. The lowest BCUT2D eigenvalue weighted by Gasteiger charge is -2.18. The molecule has 0 bridgehead atoms. The smallest absolute Gasteiger partial charge is 0.227 e. The van der Waals surface area contributed by atoms with E-state index in [0.29, 0.717) is 31.1 Å². The molecule has 1 saturated heterocycles. The van der Waals surface area contributed by atoms with Gasteiger partial charge in [0.1, 0.15) is 0 Å². The fraction of sp³-hybridized carbons (Fsp3) is 0.550. The number of nitrogens with zero attached hydrogens (tertiary/aromatic N) is 2. The van der Waals surface area contributed by atoms with Gasteiger partial charge in [0.15, 0.2) is 0 Å². The lowest BCUT2D eigenvalue weighted by Crippen LogP contribution is -2.31. The van der Waals surface area contributed by atoms with Gasteiger partial charge in [-0.1, -0.05) is 50.2 Å². The molecule has 2 aromatic rings. The van der Waals surface area contributed by atoms with Crippen LogP contribution in [0.2, 0.25) is 0 Å². The highest BCUT2D eigenvalue weighted by atomic mass is 16.5. The molecule has 1 atom stereocenters. The lowest BCUT2D eigenvalue weighted by atomic mass is 9.87. The summed E-state index contributed by atoms with van der Waals surface area (Å²) >= 11 is 0. The van der Waals surface area contributed by atoms with E-state index in [2.05, 4.69) is 48.4 Å². The van der Waals surface area contributed by atoms with E-state index in [1.54, 1.807) is 0 Å². The summed E-state index contributed by atoms with van der Waals surface area (Å²) in [6, 6.07) is 8.18. The Balaban J connectivity index is 1.50. The molecular formula is C20H27N3O3. The quantitative estimate of drug-likeness (QED) is 0.858. The molecule has 3 rings (SSSR count). The van der Waals surface area contributed by atoms with Gasteiger partial charge in [-0.05, 0) is 23.8 Å². The summed E-state index contributed by atoms with van der Waals surface area (Å²) in [6.07, 6.45) is 3.01. The second kappa shape index (κ2) is 7.99. The highest BCUT2D eigenvalue weighted by Crippen LogP contribution is 2.25. The molecule has 1 aliphatic rings. The molecule has 140 valence electrons. The Labute approximate surface area is 154 Å². The summed E-state index contributed by atoms with van der Waals surface area (Å²) in [6.45, 7) is 7.91. The second-order valence-corrected chi connectivity index (χ2v) is 7.78. The van der Waals surface area contributed by atoms with Crippen molar-refractivity contribution < 1.29 is 14.1 Å². The fourth-order valence-corrected chi connectivity index (χ4v) is 2.93. The molecule has 1 N–H and O–H groups in total. The molecular weight excluding hydrogens is 330 g/mol. The summed E-state index contributed by atoms with van der Waals surface area (Å²) in [5, 5.41) is 6.93. The van der Waals surface area contributed by atoms with E-state index in [0.717, 1.165) is 25.0 Å². The van der Waals surface area contributed by atoms with E-state index in [1.807, 2.05) is 12.1 Å². The number of hydrogen-bond donors (Lipinski definition) is 1. The molecule has 0 radical (unpaired) electrons. The van der Waals surface area contributed by atoms with Crippen LogP contribution in [0.1, 0.15) is 51.5 Å². The van der Waals surface area contributed by atoms with Gasteiger partial charge >= 0.3 is 0 Å². The van der Waals surface area contributed by atoms with Crippen molar-refractivity contribution in [3.63, 3.8) is 0 Å². The SMILES string of the molecule is CC(C)(C)c1ccc(-c2noc(CCC(=O)NC[C@H]3CCCO3)n2)cc1. The molecule has 2 heterocycles. The number of ether oxygens (including phenoxy) is 1. The standard InChI is InChI=1S/C20H27N3O3/c1-20(2,3)15-8-6-14(7-9-15)19-22-18(26-23-19)11-10-17(24)21-13-16-5-4-12-25-16/h6-9,16H,4-5,10-13H2,1-3H3,(H,21,24)/t16-/m1/s1. The van der Waals surface area contributed by atoms with Gasteiger partial charge in [-0.2, -0.15) is 4.98 Å². The van der Waals surface area contributed by atoms with Crippen molar-refractivity contribution in [2.75, 3.05) is 13.2 Å². The van der Waals surface area contributed by atoms with Crippen LogP contribution < -0.4 is 5.32 Å². The molecule has 1 aromatic carbocycles. The molecule has 6 heteroatoms. The zero-order chi connectivity index (χ0) is 18.6. The van der Waals surface area contributed by atoms with Crippen molar-refractivity contribution in [1.82, 2.24) is 15.5 Å². The van der Waals surface area contributed by atoms with Crippen molar-refractivity contribution in [3.05, 3.63) is 35.7 Å². The predicted octanol–water partition coefficient (Wildman–Crippen LogP) is 3.26. The average molecular weight is 357 g/mol. The van der Waals surface area contributed by atoms with Crippen LogP contribution in [0.15, 0.2) is 28.8 Å². The van der Waals surface area contributed by atoms with Crippen LogP contribution in [0, 0.1) is 0 Å². The van der Waals surface area contributed by atoms with Gasteiger partial charge in [-0.3, -0.25) is 4.79 Å². The van der Waals surface area contributed by atoms with Crippen molar-refractivity contribution in [1.29, 1.82) is 0 Å². The van der Waals surface area contributed by atoms with Crippen LogP contribution in [0.5, 0.6) is 0 Å². The predicted molar refractivity (Wildman–Crippen MR) is 98.7 cm³/mol. The minimum absolute atomic E-state index is 0.0187. The third-order valence-electron chi connectivity index (χ3n) is 4.59. The largest absolute Gasteiger partial charge is 0.376 e. The molecule has 0 saturated carbocycles. The number of aromatic nitrogens is 2. The number of benzene rings is 1. The van der Waals surface area contributed by atoms with Crippen LogP contribution in [0.25, 0.3) is 11.4 Å². The molecule has 26 heavy (non-hydrogen) atoms. The van der Waals surface area contributed by atoms with Gasteiger partial charge in [0.05, 0.1) is 6.10 Å². The summed E-state index contributed by atoms with van der Waals surface area (Å²) in [7, 11) is 0. The summed E-state index contributed by atoms with van der Waals surface area (Å²) in [4.78, 5) is 16.3. The normalized spacial score (nSPS) is 17.4. The molecule has 1 aromatic heterocycles. The Bertz CT molecular complexity index is 726. The minimum atomic E-state index is -0.0187. The highest BCUT2D eigenvalue weighted by molar-refractivity contribution is 5.76. The first-order valence-corrected chi connectivity index (χ1v) is 9.23. The molecule has 1 fully saturated rings. The Morgan fingerprint density at radius 3 is 2.69 bits per heavy atom. The van der Waals surface area contributed by atoms with E-state index in [-0.39, 0.29) is 17.4 Å². The van der Waals surface area contributed by atoms with Crippen molar-refractivity contribution in [2.45, 2.75) is 58.0 Å². The zero-order valence-electron chi connectivity index (χ0n) is 15.7. The maximum Gasteiger partial charge on any atom is 0.227 e. The monoisotopic (exact) mass is 357 g/mol. The number of aryl methyl sites for hydroxylation is 1.